The van der Waals surface area contributed by atoms with Crippen molar-refractivity contribution in [2.75, 3.05) is 40.1 Å². The zero-order valence-electron chi connectivity index (χ0n) is 14.0. The number of methoxy groups -OCH3 is 1. The molecule has 132 valence electrons. The Morgan fingerprint density at radius 3 is 2.52 bits per heavy atom. The van der Waals surface area contributed by atoms with E-state index in [1.165, 1.54) is 20.1 Å². The van der Waals surface area contributed by atoms with E-state index in [9.17, 15) is 9.59 Å². The second-order valence-corrected chi connectivity index (χ2v) is 4.71. The summed E-state index contributed by atoms with van der Waals surface area (Å²) in [6.07, 6.45) is 1.11. The molecule has 1 N–H and O–H groups in total. The van der Waals surface area contributed by atoms with Gasteiger partial charge in [-0.25, -0.2) is 9.59 Å². The maximum atomic E-state index is 11.8. The molecule has 0 rings (SSSR count). The van der Waals surface area contributed by atoms with Crippen molar-refractivity contribution in [3.63, 3.8) is 0 Å². The van der Waals surface area contributed by atoms with E-state index in [1.54, 1.807) is 0 Å². The minimum absolute atomic E-state index is 0.0957. The van der Waals surface area contributed by atoms with Crippen LogP contribution in [-0.4, -0.2) is 63.3 Å². The summed E-state index contributed by atoms with van der Waals surface area (Å²) in [4.78, 5) is 22.6. The summed E-state index contributed by atoms with van der Waals surface area (Å²) >= 11 is 0. The molecule has 0 heterocycles. The van der Waals surface area contributed by atoms with Crippen LogP contribution in [0.5, 0.6) is 0 Å². The second kappa shape index (κ2) is 12.8. The Balaban J connectivity index is 4.50. The van der Waals surface area contributed by atoms with Gasteiger partial charge in [-0.3, -0.25) is 0 Å². The molecule has 0 aliphatic rings. The molecule has 0 radical (unpaired) electrons. The highest BCUT2D eigenvalue weighted by molar-refractivity contribution is 5.87. The number of hydrogen-bond acceptors (Lipinski definition) is 6. The largest absolute Gasteiger partial charge is 0.478 e. The average molecular weight is 330 g/mol. The Morgan fingerprint density at radius 2 is 1.96 bits per heavy atom. The molecule has 0 saturated carbocycles. The van der Waals surface area contributed by atoms with Crippen LogP contribution in [0.3, 0.4) is 0 Å². The van der Waals surface area contributed by atoms with E-state index in [4.69, 9.17) is 24.1 Å². The number of rotatable bonds is 13. The van der Waals surface area contributed by atoms with Gasteiger partial charge in [0.15, 0.2) is 0 Å². The number of esters is 1. The number of carbonyl (C=O) groups is 2. The van der Waals surface area contributed by atoms with E-state index in [0.29, 0.717) is 31.8 Å². The first-order chi connectivity index (χ1) is 10.9. The molecule has 1 unspecified atom stereocenters. The van der Waals surface area contributed by atoms with Gasteiger partial charge in [0.05, 0.1) is 19.8 Å². The summed E-state index contributed by atoms with van der Waals surface area (Å²) in [6, 6.07) is 0. The van der Waals surface area contributed by atoms with Crippen LogP contribution in [0.2, 0.25) is 0 Å². The first-order valence-corrected chi connectivity index (χ1v) is 7.37. The zero-order chi connectivity index (χ0) is 17.7. The van der Waals surface area contributed by atoms with Crippen LogP contribution in [0.15, 0.2) is 23.8 Å². The summed E-state index contributed by atoms with van der Waals surface area (Å²) in [6.45, 7) is 8.41. The number of hydrogen-bond donors (Lipinski definition) is 1. The summed E-state index contributed by atoms with van der Waals surface area (Å²) in [7, 11) is 1.53. The Morgan fingerprint density at radius 1 is 1.26 bits per heavy atom. The van der Waals surface area contributed by atoms with Crippen molar-refractivity contribution in [1.29, 1.82) is 0 Å². The molecule has 7 heteroatoms. The van der Waals surface area contributed by atoms with Crippen LogP contribution in [-0.2, 0) is 28.5 Å². The Kier molecular flexibility index (Phi) is 11.9. The summed E-state index contributed by atoms with van der Waals surface area (Å²) in [5, 5.41) is 8.92. The number of carbonyl (C=O) groups excluding carboxylic acids is 1. The van der Waals surface area contributed by atoms with Gasteiger partial charge >= 0.3 is 11.9 Å². The van der Waals surface area contributed by atoms with Crippen LogP contribution >= 0.6 is 0 Å². The molecule has 0 aromatic rings. The highest BCUT2D eigenvalue weighted by Gasteiger charge is 2.14. The molecule has 1 atom stereocenters. The van der Waals surface area contributed by atoms with Crippen LogP contribution in [0.25, 0.3) is 0 Å². The lowest BCUT2D eigenvalue weighted by Gasteiger charge is -2.16. The van der Waals surface area contributed by atoms with Crippen molar-refractivity contribution in [3.8, 4) is 0 Å². The molecule has 0 saturated heterocycles. The summed E-state index contributed by atoms with van der Waals surface area (Å²) in [5.74, 6) is -1.61. The predicted molar refractivity (Wildman–Crippen MR) is 84.2 cm³/mol. The quantitative estimate of drug-likeness (QED) is 0.311. The SMILES string of the molecule is C=C(CCOC)C(=O)OCC(C=C(C)C(=O)O)OCCOCC. The lowest BCUT2D eigenvalue weighted by Crippen LogP contribution is -2.24. The fraction of sp³-hybridized carbons (Fsp3) is 0.625. The molecule has 0 aromatic heterocycles. The van der Waals surface area contributed by atoms with Gasteiger partial charge in [-0.2, -0.15) is 0 Å². The number of aliphatic carboxylic acids is 1. The van der Waals surface area contributed by atoms with E-state index >= 15 is 0 Å². The fourth-order valence-corrected chi connectivity index (χ4v) is 1.48. The van der Waals surface area contributed by atoms with Gasteiger partial charge in [-0.15, -0.1) is 0 Å². The van der Waals surface area contributed by atoms with Crippen LogP contribution in [0.4, 0.5) is 0 Å². The van der Waals surface area contributed by atoms with E-state index in [2.05, 4.69) is 6.58 Å². The van der Waals surface area contributed by atoms with Crippen molar-refractivity contribution in [2.24, 2.45) is 0 Å². The smallest absolute Gasteiger partial charge is 0.333 e. The van der Waals surface area contributed by atoms with Crippen LogP contribution in [0.1, 0.15) is 20.3 Å². The van der Waals surface area contributed by atoms with Gasteiger partial charge in [-0.05, 0) is 19.9 Å². The monoisotopic (exact) mass is 330 g/mol. The van der Waals surface area contributed by atoms with Gasteiger partial charge in [-0.1, -0.05) is 6.58 Å². The van der Waals surface area contributed by atoms with Gasteiger partial charge in [0, 0.05) is 31.3 Å². The molecule has 0 spiro atoms. The highest BCUT2D eigenvalue weighted by atomic mass is 16.6. The molecule has 23 heavy (non-hydrogen) atoms. The fourth-order valence-electron chi connectivity index (χ4n) is 1.48. The van der Waals surface area contributed by atoms with Crippen LogP contribution < -0.4 is 0 Å². The maximum Gasteiger partial charge on any atom is 0.333 e. The van der Waals surface area contributed by atoms with E-state index in [0.717, 1.165) is 0 Å². The Labute approximate surface area is 136 Å². The lowest BCUT2D eigenvalue weighted by molar-refractivity contribution is -0.142. The van der Waals surface area contributed by atoms with Crippen molar-refractivity contribution in [1.82, 2.24) is 0 Å². The molecular weight excluding hydrogens is 304 g/mol. The highest BCUT2D eigenvalue weighted by Crippen LogP contribution is 2.06. The molecule has 7 nitrogen and oxygen atoms in total. The Hall–Kier alpha value is -1.70. The van der Waals surface area contributed by atoms with E-state index in [-0.39, 0.29) is 18.8 Å². The normalized spacial score (nSPS) is 12.7. The zero-order valence-corrected chi connectivity index (χ0v) is 14.0. The van der Waals surface area contributed by atoms with Crippen LogP contribution in [0, 0.1) is 0 Å². The van der Waals surface area contributed by atoms with Gasteiger partial charge in [0.2, 0.25) is 0 Å². The topological polar surface area (TPSA) is 91.3 Å². The van der Waals surface area contributed by atoms with Crippen molar-refractivity contribution < 1.29 is 33.6 Å². The number of ether oxygens (including phenoxy) is 4. The number of carboxylic acid groups (broad SMARTS) is 1. The molecule has 0 aliphatic carbocycles. The Bertz CT molecular complexity index is 415. The summed E-state index contributed by atoms with van der Waals surface area (Å²) in [5.41, 5.74) is 0.402. The molecule has 0 fully saturated rings. The van der Waals surface area contributed by atoms with Gasteiger partial charge in [0.1, 0.15) is 12.7 Å². The minimum Gasteiger partial charge on any atom is -0.478 e. The molecular formula is C16H26O7. The third-order valence-corrected chi connectivity index (χ3v) is 2.81. The van der Waals surface area contributed by atoms with Crippen molar-refractivity contribution in [2.45, 2.75) is 26.4 Å². The van der Waals surface area contributed by atoms with Gasteiger partial charge in [0.25, 0.3) is 0 Å². The minimum atomic E-state index is -1.06. The molecule has 0 amide bonds. The summed E-state index contributed by atoms with van der Waals surface area (Å²) < 4.78 is 20.6. The number of carboxylic acids is 1. The third-order valence-electron chi connectivity index (χ3n) is 2.81. The van der Waals surface area contributed by atoms with Gasteiger partial charge < -0.3 is 24.1 Å². The third kappa shape index (κ3) is 10.6. The second-order valence-electron chi connectivity index (χ2n) is 4.71. The van der Waals surface area contributed by atoms with E-state index in [1.807, 2.05) is 6.92 Å². The van der Waals surface area contributed by atoms with Crippen molar-refractivity contribution >= 4 is 11.9 Å². The maximum absolute atomic E-state index is 11.8. The molecule has 0 aromatic carbocycles. The molecule has 0 bridgehead atoms. The molecule has 0 aliphatic heterocycles. The average Bonchev–Trinajstić information content (AvgIpc) is 2.53. The predicted octanol–water partition coefficient (Wildman–Crippen LogP) is 1.57. The van der Waals surface area contributed by atoms with Crippen molar-refractivity contribution in [3.05, 3.63) is 23.8 Å². The first kappa shape index (κ1) is 21.3. The van der Waals surface area contributed by atoms with E-state index < -0.39 is 18.0 Å². The standard InChI is InChI=1S/C16H26O7/c1-5-21-8-9-22-14(10-13(3)15(17)18)11-23-16(19)12(2)6-7-20-4/h10,14H,2,5-9,11H2,1,3-4H3,(H,17,18). The first-order valence-electron chi connectivity index (χ1n) is 7.37. The lowest BCUT2D eigenvalue weighted by atomic mass is 10.2.